The Kier molecular flexibility index (Phi) is 4.18. The predicted molar refractivity (Wildman–Crippen MR) is 122 cm³/mol. The van der Waals surface area contributed by atoms with Crippen molar-refractivity contribution in [2.24, 2.45) is 0 Å². The van der Waals surface area contributed by atoms with E-state index in [1.165, 1.54) is 26.4 Å². The molecule has 29 heavy (non-hydrogen) atoms. The molecular formula is C25H21N3S. The zero-order valence-electron chi connectivity index (χ0n) is 16.7. The number of thiophene rings is 1. The van der Waals surface area contributed by atoms with Crippen LogP contribution in [0.15, 0.2) is 72.5 Å². The van der Waals surface area contributed by atoms with Gasteiger partial charge in [0.25, 0.3) is 0 Å². The highest BCUT2D eigenvalue weighted by molar-refractivity contribution is 7.17. The number of rotatable bonds is 2. The van der Waals surface area contributed by atoms with Gasteiger partial charge >= 0.3 is 0 Å². The van der Waals surface area contributed by atoms with E-state index in [4.69, 9.17) is 0 Å². The second-order valence-electron chi connectivity index (χ2n) is 8.31. The van der Waals surface area contributed by atoms with Gasteiger partial charge in [-0.05, 0) is 62.8 Å². The Balaban J connectivity index is 1.66. The first-order valence-corrected chi connectivity index (χ1v) is 10.6. The van der Waals surface area contributed by atoms with Gasteiger partial charge in [0, 0.05) is 11.8 Å². The van der Waals surface area contributed by atoms with Gasteiger partial charge in [-0.2, -0.15) is 0 Å². The summed E-state index contributed by atoms with van der Waals surface area (Å²) in [5.74, 6) is 0. The van der Waals surface area contributed by atoms with Crippen molar-refractivity contribution in [2.75, 3.05) is 0 Å². The van der Waals surface area contributed by atoms with Crippen molar-refractivity contribution in [3.05, 3.63) is 78.1 Å². The Bertz CT molecular complexity index is 1350. The Hall–Kier alpha value is -3.11. The maximum Gasteiger partial charge on any atom is 0.116 e. The number of hydrogen-bond acceptors (Lipinski definition) is 4. The molecule has 142 valence electrons. The van der Waals surface area contributed by atoms with E-state index < -0.39 is 0 Å². The van der Waals surface area contributed by atoms with Gasteiger partial charge in [-0.25, -0.2) is 9.97 Å². The van der Waals surface area contributed by atoms with Gasteiger partial charge in [0.15, 0.2) is 0 Å². The van der Waals surface area contributed by atoms with Crippen molar-refractivity contribution >= 4 is 32.2 Å². The van der Waals surface area contributed by atoms with E-state index in [0.29, 0.717) is 0 Å². The van der Waals surface area contributed by atoms with E-state index in [0.717, 1.165) is 22.6 Å². The molecule has 0 atom stereocenters. The Morgan fingerprint density at radius 3 is 2.41 bits per heavy atom. The number of pyridine rings is 1. The molecule has 3 aromatic heterocycles. The largest absolute Gasteiger partial charge is 0.253 e. The van der Waals surface area contributed by atoms with Gasteiger partial charge in [0.05, 0.1) is 21.8 Å². The average molecular weight is 396 g/mol. The van der Waals surface area contributed by atoms with Gasteiger partial charge in [0.2, 0.25) is 0 Å². The summed E-state index contributed by atoms with van der Waals surface area (Å²) in [6.45, 7) is 6.76. The molecule has 0 unspecified atom stereocenters. The smallest absolute Gasteiger partial charge is 0.116 e. The van der Waals surface area contributed by atoms with Crippen LogP contribution in [0.1, 0.15) is 26.3 Å². The van der Waals surface area contributed by atoms with Gasteiger partial charge in [-0.1, -0.05) is 45.0 Å². The van der Waals surface area contributed by atoms with Crippen LogP contribution in [-0.2, 0) is 5.41 Å². The molecule has 0 aliphatic heterocycles. The first-order chi connectivity index (χ1) is 14.0. The molecule has 5 aromatic rings. The van der Waals surface area contributed by atoms with Crippen LogP contribution < -0.4 is 0 Å². The fraction of sp³-hybridized carbons (Fsp3) is 0.160. The summed E-state index contributed by atoms with van der Waals surface area (Å²) in [6.07, 6.45) is 3.56. The molecule has 0 radical (unpaired) electrons. The van der Waals surface area contributed by atoms with Crippen molar-refractivity contribution in [1.82, 2.24) is 15.0 Å². The van der Waals surface area contributed by atoms with E-state index in [-0.39, 0.29) is 5.41 Å². The fourth-order valence-corrected chi connectivity index (χ4v) is 4.48. The maximum atomic E-state index is 4.61. The summed E-state index contributed by atoms with van der Waals surface area (Å²) in [6, 6.07) is 19.3. The van der Waals surface area contributed by atoms with Crippen molar-refractivity contribution in [3.8, 4) is 22.6 Å². The Morgan fingerprint density at radius 2 is 1.55 bits per heavy atom. The van der Waals surface area contributed by atoms with Crippen LogP contribution >= 0.6 is 11.3 Å². The van der Waals surface area contributed by atoms with E-state index in [1.54, 1.807) is 17.7 Å². The summed E-state index contributed by atoms with van der Waals surface area (Å²) < 4.78 is 1.19. The lowest BCUT2D eigenvalue weighted by Gasteiger charge is -2.22. The minimum absolute atomic E-state index is 0.0387. The molecule has 0 fully saturated rings. The maximum absolute atomic E-state index is 4.61. The summed E-state index contributed by atoms with van der Waals surface area (Å²) >= 11 is 1.70. The van der Waals surface area contributed by atoms with Crippen molar-refractivity contribution < 1.29 is 0 Å². The van der Waals surface area contributed by atoms with Gasteiger partial charge in [0.1, 0.15) is 6.33 Å². The zero-order valence-corrected chi connectivity index (χ0v) is 17.5. The molecule has 0 N–H and O–H groups in total. The lowest BCUT2D eigenvalue weighted by atomic mass is 9.82. The second kappa shape index (κ2) is 6.75. The molecule has 5 rings (SSSR count). The van der Waals surface area contributed by atoms with Crippen LogP contribution in [-0.4, -0.2) is 15.0 Å². The molecule has 0 spiro atoms. The standard InChI is InChI=1S/C25H21N3S/c1-25(2,3)20-11-18(10-16-6-4-5-7-19(16)20)21-13-23(28-15-27-21)22-12-17-8-9-29-24(17)14-26-22/h4-15H,1-3H3. The number of nitrogens with zero attached hydrogens (tertiary/aromatic N) is 3. The molecule has 0 amide bonds. The first-order valence-electron chi connectivity index (χ1n) is 9.68. The first kappa shape index (κ1) is 18.0. The number of fused-ring (bicyclic) bond motifs is 2. The van der Waals surface area contributed by atoms with Crippen LogP contribution in [0.5, 0.6) is 0 Å². The molecule has 0 saturated heterocycles. The van der Waals surface area contributed by atoms with E-state index in [2.05, 4.69) is 89.6 Å². The topological polar surface area (TPSA) is 38.7 Å². The number of hydrogen-bond donors (Lipinski definition) is 0. The fourth-order valence-electron chi connectivity index (χ4n) is 3.74. The van der Waals surface area contributed by atoms with Gasteiger partial charge in [-0.3, -0.25) is 4.98 Å². The predicted octanol–water partition coefficient (Wildman–Crippen LogP) is 6.87. The molecular weight excluding hydrogens is 374 g/mol. The summed E-state index contributed by atoms with van der Waals surface area (Å²) in [5.41, 5.74) is 5.10. The van der Waals surface area contributed by atoms with Crippen LogP contribution in [0.3, 0.4) is 0 Å². The summed E-state index contributed by atoms with van der Waals surface area (Å²) in [4.78, 5) is 13.7. The molecule has 0 saturated carbocycles. The third-order valence-electron chi connectivity index (χ3n) is 5.24. The number of aromatic nitrogens is 3. The van der Waals surface area contributed by atoms with Crippen molar-refractivity contribution in [3.63, 3.8) is 0 Å². The van der Waals surface area contributed by atoms with Crippen LogP contribution in [0.25, 0.3) is 43.5 Å². The lowest BCUT2D eigenvalue weighted by Crippen LogP contribution is -2.12. The third-order valence-corrected chi connectivity index (χ3v) is 6.10. The highest BCUT2D eigenvalue weighted by Crippen LogP contribution is 2.35. The normalized spacial score (nSPS) is 12.0. The molecule has 0 aliphatic rings. The van der Waals surface area contributed by atoms with Crippen molar-refractivity contribution in [1.29, 1.82) is 0 Å². The van der Waals surface area contributed by atoms with Gasteiger partial charge < -0.3 is 0 Å². The molecule has 3 nitrogen and oxygen atoms in total. The minimum Gasteiger partial charge on any atom is -0.253 e. The Labute approximate surface area is 174 Å². The van der Waals surface area contributed by atoms with Crippen LogP contribution in [0, 0.1) is 0 Å². The van der Waals surface area contributed by atoms with E-state index in [9.17, 15) is 0 Å². The Morgan fingerprint density at radius 1 is 0.759 bits per heavy atom. The average Bonchev–Trinajstić information content (AvgIpc) is 3.20. The monoisotopic (exact) mass is 395 g/mol. The highest BCUT2D eigenvalue weighted by atomic mass is 32.1. The van der Waals surface area contributed by atoms with Crippen LogP contribution in [0.4, 0.5) is 0 Å². The van der Waals surface area contributed by atoms with Crippen molar-refractivity contribution in [2.45, 2.75) is 26.2 Å². The summed E-state index contributed by atoms with van der Waals surface area (Å²) in [5, 5.41) is 5.81. The number of benzene rings is 2. The quantitative estimate of drug-likeness (QED) is 0.327. The van der Waals surface area contributed by atoms with E-state index in [1.807, 2.05) is 12.3 Å². The SMILES string of the molecule is CC(C)(C)c1cc(-c2cc(-c3cc4ccsc4cn3)ncn2)cc2ccccc12. The van der Waals surface area contributed by atoms with Crippen LogP contribution in [0.2, 0.25) is 0 Å². The van der Waals surface area contributed by atoms with Gasteiger partial charge in [-0.15, -0.1) is 11.3 Å². The minimum atomic E-state index is 0.0387. The summed E-state index contributed by atoms with van der Waals surface area (Å²) in [7, 11) is 0. The zero-order chi connectivity index (χ0) is 20.0. The molecule has 0 bridgehead atoms. The molecule has 4 heteroatoms. The highest BCUT2D eigenvalue weighted by Gasteiger charge is 2.19. The lowest BCUT2D eigenvalue weighted by molar-refractivity contribution is 0.596. The van der Waals surface area contributed by atoms with E-state index >= 15 is 0 Å². The second-order valence-corrected chi connectivity index (χ2v) is 9.26. The third kappa shape index (κ3) is 3.30. The molecule has 2 aromatic carbocycles. The molecule has 3 heterocycles. The molecule has 0 aliphatic carbocycles.